The van der Waals surface area contributed by atoms with Crippen molar-refractivity contribution in [3.05, 3.63) is 77.5 Å². The van der Waals surface area contributed by atoms with E-state index in [1.807, 2.05) is 71.0 Å². The maximum Gasteiger partial charge on any atom is 0.337 e. The van der Waals surface area contributed by atoms with Crippen molar-refractivity contribution in [3.8, 4) is 28.1 Å². The van der Waals surface area contributed by atoms with Crippen LogP contribution in [0.1, 0.15) is 81.6 Å². The van der Waals surface area contributed by atoms with Crippen LogP contribution in [0.15, 0.2) is 60.7 Å². The highest BCUT2D eigenvalue weighted by atomic mass is 16.5. The van der Waals surface area contributed by atoms with Gasteiger partial charge in [-0.2, -0.15) is 9.61 Å². The largest absolute Gasteiger partial charge is 0.490 e. The van der Waals surface area contributed by atoms with Gasteiger partial charge in [0.05, 0.1) is 35.2 Å². The third-order valence-electron chi connectivity index (χ3n) is 9.11. The minimum absolute atomic E-state index is 0.140. The van der Waals surface area contributed by atoms with E-state index in [0.717, 1.165) is 29.5 Å². The summed E-state index contributed by atoms with van der Waals surface area (Å²) < 4.78 is 20.8. The second-order valence-electron chi connectivity index (χ2n) is 14.2. The summed E-state index contributed by atoms with van der Waals surface area (Å²) in [6.45, 7) is 13.2. The van der Waals surface area contributed by atoms with Gasteiger partial charge in [0.25, 0.3) is 0 Å². The van der Waals surface area contributed by atoms with E-state index in [1.165, 1.54) is 0 Å². The monoisotopic (exact) mass is 667 g/mol. The van der Waals surface area contributed by atoms with Gasteiger partial charge in [-0.05, 0) is 84.2 Å². The second-order valence-corrected chi connectivity index (χ2v) is 14.2. The number of carbonyl (C=O) groups is 2. The number of benzene rings is 2. The van der Waals surface area contributed by atoms with Gasteiger partial charge in [0, 0.05) is 48.0 Å². The lowest BCUT2D eigenvalue weighted by atomic mass is 9.92. The Kier molecular flexibility index (Phi) is 9.25. The highest BCUT2D eigenvalue weighted by molar-refractivity contribution is 5.95. The number of nitrogens with zero attached hydrogens (tertiary/aromatic N) is 4. The molecule has 11 nitrogen and oxygen atoms in total. The van der Waals surface area contributed by atoms with E-state index in [4.69, 9.17) is 30.0 Å². The van der Waals surface area contributed by atoms with Crippen molar-refractivity contribution >= 4 is 23.3 Å². The highest BCUT2D eigenvalue weighted by Gasteiger charge is 2.37. The summed E-state index contributed by atoms with van der Waals surface area (Å²) in [7, 11) is 0. The molecule has 0 radical (unpaired) electrons. The zero-order chi connectivity index (χ0) is 35.1. The Balaban J connectivity index is 1.56. The summed E-state index contributed by atoms with van der Waals surface area (Å²) in [6.07, 6.45) is 4.83. The van der Waals surface area contributed by atoms with E-state index in [9.17, 15) is 14.7 Å². The number of carbonyl (C=O) groups excluding carboxylic acids is 1. The van der Waals surface area contributed by atoms with Gasteiger partial charge in [-0.25, -0.2) is 9.78 Å². The van der Waals surface area contributed by atoms with Crippen molar-refractivity contribution in [2.75, 3.05) is 24.6 Å². The quantitative estimate of drug-likeness (QED) is 0.233. The SMILES string of the molecule is Cc1nc2cc3nn2c(c1[C@H](OC(C)(C)C)C(=O)O)N1CCC(C)(CC1)OCC=CC[C@H](C)Oc1ccc(C(N)=O)cc1-c1cccc-3c1. The van der Waals surface area contributed by atoms with Crippen molar-refractivity contribution in [1.82, 2.24) is 14.6 Å². The Labute approximate surface area is 286 Å². The van der Waals surface area contributed by atoms with Crippen LogP contribution < -0.4 is 15.4 Å². The zero-order valence-electron chi connectivity index (χ0n) is 29.0. The third kappa shape index (κ3) is 7.33. The van der Waals surface area contributed by atoms with Gasteiger partial charge in [0.2, 0.25) is 5.91 Å². The number of carboxylic acid groups (broad SMARTS) is 1. The molecule has 258 valence electrons. The summed E-state index contributed by atoms with van der Waals surface area (Å²) in [6, 6.07) is 15.0. The molecule has 1 fully saturated rings. The lowest BCUT2D eigenvalue weighted by Crippen LogP contribution is -2.45. The van der Waals surface area contributed by atoms with Crippen LogP contribution in [0, 0.1) is 6.92 Å². The first-order valence-corrected chi connectivity index (χ1v) is 16.8. The van der Waals surface area contributed by atoms with Gasteiger partial charge in [-0.3, -0.25) is 4.79 Å². The maximum absolute atomic E-state index is 12.8. The molecule has 4 aromatic rings. The molecule has 49 heavy (non-hydrogen) atoms. The van der Waals surface area contributed by atoms with Crippen LogP contribution in [0.3, 0.4) is 0 Å². The summed E-state index contributed by atoms with van der Waals surface area (Å²) >= 11 is 0. The minimum atomic E-state index is -1.26. The predicted molar refractivity (Wildman–Crippen MR) is 188 cm³/mol. The molecule has 3 aliphatic heterocycles. The van der Waals surface area contributed by atoms with Gasteiger partial charge in [0.1, 0.15) is 11.6 Å². The molecule has 7 rings (SSSR count). The molecular formula is C38H45N5O6. The normalized spacial score (nSPS) is 20.5. The van der Waals surface area contributed by atoms with Gasteiger partial charge in [-0.15, -0.1) is 0 Å². The maximum atomic E-state index is 12.8. The van der Waals surface area contributed by atoms with Crippen molar-refractivity contribution in [2.24, 2.45) is 5.73 Å². The van der Waals surface area contributed by atoms with Crippen LogP contribution in [-0.4, -0.2) is 68.6 Å². The number of fused-ring (bicyclic) bond motifs is 7. The van der Waals surface area contributed by atoms with Gasteiger partial charge >= 0.3 is 5.97 Å². The lowest BCUT2D eigenvalue weighted by molar-refractivity contribution is -0.160. The Morgan fingerprint density at radius 1 is 1.08 bits per heavy atom. The molecule has 2 aromatic carbocycles. The molecule has 1 amide bonds. The van der Waals surface area contributed by atoms with Crippen LogP contribution in [0.4, 0.5) is 5.82 Å². The molecule has 0 saturated carbocycles. The number of nitrogens with two attached hydrogens (primary N) is 1. The standard InChI is InChI=1S/C38H45N5O6/c1-23-10-7-8-19-47-38(6)15-17-42(18-16-38)35-32(33(36(45)46)49-37(3,4)5)24(2)40-31-22-29(41-43(31)35)26-12-9-11-25(20-26)28-21-27(34(39)44)13-14-30(28)48-23/h7-9,11-14,20-23,33H,10,15-19H2,1-6H3,(H2,39,44)(H,45,46)/t23-,33-/m0/s1. The first-order valence-electron chi connectivity index (χ1n) is 16.8. The van der Waals surface area contributed by atoms with Crippen LogP contribution in [0.2, 0.25) is 0 Å². The second kappa shape index (κ2) is 13.3. The third-order valence-corrected chi connectivity index (χ3v) is 9.11. The van der Waals surface area contributed by atoms with E-state index in [0.29, 0.717) is 65.8 Å². The smallest absolute Gasteiger partial charge is 0.337 e. The number of primary amides is 1. The van der Waals surface area contributed by atoms with E-state index in [2.05, 4.69) is 17.9 Å². The summed E-state index contributed by atoms with van der Waals surface area (Å²) in [5.41, 5.74) is 9.62. The average molecular weight is 668 g/mol. The number of rotatable bonds is 4. The molecule has 5 heterocycles. The molecule has 1 saturated heterocycles. The minimum Gasteiger partial charge on any atom is -0.490 e. The Bertz CT molecular complexity index is 1920. The molecule has 11 heteroatoms. The number of aliphatic carboxylic acids is 1. The van der Waals surface area contributed by atoms with Crippen molar-refractivity contribution < 1.29 is 28.9 Å². The van der Waals surface area contributed by atoms with Gasteiger partial charge < -0.3 is 30.0 Å². The molecule has 2 atom stereocenters. The fourth-order valence-corrected chi connectivity index (χ4v) is 6.52. The number of aryl methyl sites for hydroxylation is 1. The molecular weight excluding hydrogens is 622 g/mol. The lowest BCUT2D eigenvalue weighted by Gasteiger charge is -2.41. The Morgan fingerprint density at radius 2 is 1.82 bits per heavy atom. The molecule has 0 aliphatic carbocycles. The van der Waals surface area contributed by atoms with Crippen LogP contribution in [0.5, 0.6) is 5.75 Å². The first kappa shape index (κ1) is 34.1. The predicted octanol–water partition coefficient (Wildman–Crippen LogP) is 6.51. The molecule has 0 spiro atoms. The molecule has 2 aromatic heterocycles. The topological polar surface area (TPSA) is 142 Å². The van der Waals surface area contributed by atoms with Crippen molar-refractivity contribution in [3.63, 3.8) is 0 Å². The average Bonchev–Trinajstić information content (AvgIpc) is 3.46. The fourth-order valence-electron chi connectivity index (χ4n) is 6.52. The van der Waals surface area contributed by atoms with Crippen molar-refractivity contribution in [2.45, 2.75) is 84.2 Å². The number of aromatic nitrogens is 3. The van der Waals surface area contributed by atoms with E-state index >= 15 is 0 Å². The number of carboxylic acids is 1. The number of anilines is 1. The number of hydrogen-bond acceptors (Lipinski definition) is 8. The van der Waals surface area contributed by atoms with Crippen LogP contribution in [-0.2, 0) is 14.3 Å². The number of hydrogen-bond donors (Lipinski definition) is 2. The number of amides is 1. The Hall–Kier alpha value is -4.74. The molecule has 3 aliphatic rings. The zero-order valence-corrected chi connectivity index (χ0v) is 29.0. The van der Waals surface area contributed by atoms with Crippen LogP contribution >= 0.6 is 0 Å². The molecule has 6 bridgehead atoms. The summed E-state index contributed by atoms with van der Waals surface area (Å²) in [4.78, 5) is 32.1. The first-order chi connectivity index (χ1) is 23.2. The van der Waals surface area contributed by atoms with Gasteiger partial charge in [-0.1, -0.05) is 30.4 Å². The van der Waals surface area contributed by atoms with E-state index in [1.54, 1.807) is 22.7 Å². The highest BCUT2D eigenvalue weighted by Crippen LogP contribution is 2.39. The molecule has 0 unspecified atom stereocenters. The van der Waals surface area contributed by atoms with Gasteiger partial charge in [0.15, 0.2) is 11.8 Å². The van der Waals surface area contributed by atoms with E-state index < -0.39 is 23.6 Å². The summed E-state index contributed by atoms with van der Waals surface area (Å²) in [5, 5.41) is 15.5. The van der Waals surface area contributed by atoms with Crippen molar-refractivity contribution in [1.29, 1.82) is 0 Å². The number of ether oxygens (including phenoxy) is 3. The van der Waals surface area contributed by atoms with E-state index in [-0.39, 0.29) is 11.7 Å². The number of piperidine rings is 1. The molecule has 3 N–H and O–H groups in total. The fraction of sp³-hybridized carbons (Fsp3) is 0.421. The summed E-state index contributed by atoms with van der Waals surface area (Å²) in [5.74, 6) is -0.343. The van der Waals surface area contributed by atoms with Crippen LogP contribution in [0.25, 0.3) is 28.0 Å². The Morgan fingerprint density at radius 3 is 2.51 bits per heavy atom.